The topological polar surface area (TPSA) is 41.5 Å². The Labute approximate surface area is 94.2 Å². The zero-order valence-electron chi connectivity index (χ0n) is 10.7. The zero-order chi connectivity index (χ0) is 11.7. The van der Waals surface area contributed by atoms with Crippen LogP contribution in [-0.4, -0.2) is 36.5 Å². The Morgan fingerprint density at radius 2 is 2.00 bits per heavy atom. The molecule has 0 spiro atoms. The summed E-state index contributed by atoms with van der Waals surface area (Å²) < 4.78 is 5.42. The van der Waals surface area contributed by atoms with Crippen LogP contribution in [0, 0.1) is 0 Å². The summed E-state index contributed by atoms with van der Waals surface area (Å²) in [6.07, 6.45) is 3.02. The van der Waals surface area contributed by atoms with Crippen molar-refractivity contribution >= 4 is 0 Å². The molecule has 0 aliphatic carbocycles. The summed E-state index contributed by atoms with van der Waals surface area (Å²) in [5.74, 6) is 0. The molecule has 92 valence electrons. The summed E-state index contributed by atoms with van der Waals surface area (Å²) in [5.41, 5.74) is -0.163. The van der Waals surface area contributed by atoms with Crippen LogP contribution in [0.5, 0.6) is 0 Å². The van der Waals surface area contributed by atoms with Crippen LogP contribution >= 0.6 is 0 Å². The fourth-order valence-corrected chi connectivity index (χ4v) is 1.70. The van der Waals surface area contributed by atoms with Gasteiger partial charge in [0.25, 0.3) is 0 Å². The highest BCUT2D eigenvalue weighted by Crippen LogP contribution is 2.12. The fourth-order valence-electron chi connectivity index (χ4n) is 1.70. The molecule has 3 heteroatoms. The van der Waals surface area contributed by atoms with Gasteiger partial charge in [-0.2, -0.15) is 0 Å². The Morgan fingerprint density at radius 1 is 1.33 bits per heavy atom. The quantitative estimate of drug-likeness (QED) is 0.580. The van der Waals surface area contributed by atoms with Crippen LogP contribution in [-0.2, 0) is 4.74 Å². The van der Waals surface area contributed by atoms with Crippen LogP contribution in [0.15, 0.2) is 0 Å². The SMILES string of the molecule is CCCOCCCC(C)(CO)NC(C)C. The summed E-state index contributed by atoms with van der Waals surface area (Å²) in [6, 6.07) is 0.402. The lowest BCUT2D eigenvalue weighted by Crippen LogP contribution is -2.49. The van der Waals surface area contributed by atoms with Gasteiger partial charge in [-0.15, -0.1) is 0 Å². The van der Waals surface area contributed by atoms with Crippen molar-refractivity contribution in [3.8, 4) is 0 Å². The van der Waals surface area contributed by atoms with E-state index >= 15 is 0 Å². The van der Waals surface area contributed by atoms with Crippen LogP contribution in [0.1, 0.15) is 47.0 Å². The summed E-state index contributed by atoms with van der Waals surface area (Å²) in [6.45, 7) is 10.2. The molecule has 0 saturated carbocycles. The van der Waals surface area contributed by atoms with E-state index in [2.05, 4.69) is 33.0 Å². The van der Waals surface area contributed by atoms with Crippen molar-refractivity contribution < 1.29 is 9.84 Å². The molecule has 0 bridgehead atoms. The van der Waals surface area contributed by atoms with Crippen molar-refractivity contribution in [3.05, 3.63) is 0 Å². The van der Waals surface area contributed by atoms with Gasteiger partial charge in [0.2, 0.25) is 0 Å². The molecule has 0 aromatic rings. The van der Waals surface area contributed by atoms with Crippen LogP contribution in [0.4, 0.5) is 0 Å². The summed E-state index contributed by atoms with van der Waals surface area (Å²) in [4.78, 5) is 0. The molecule has 0 radical (unpaired) electrons. The molecule has 0 rings (SSSR count). The smallest absolute Gasteiger partial charge is 0.0610 e. The Hall–Kier alpha value is -0.120. The first-order chi connectivity index (χ1) is 7.04. The molecule has 0 aliphatic rings. The predicted molar refractivity (Wildman–Crippen MR) is 64.1 cm³/mol. The first kappa shape index (κ1) is 14.9. The van der Waals surface area contributed by atoms with Gasteiger partial charge in [0.15, 0.2) is 0 Å². The van der Waals surface area contributed by atoms with Crippen molar-refractivity contribution in [2.24, 2.45) is 0 Å². The molecule has 1 atom stereocenters. The second-order valence-electron chi connectivity index (χ2n) is 4.73. The third-order valence-electron chi connectivity index (χ3n) is 2.35. The molecule has 3 nitrogen and oxygen atoms in total. The number of rotatable bonds is 9. The Morgan fingerprint density at radius 3 is 2.47 bits per heavy atom. The number of aliphatic hydroxyl groups excluding tert-OH is 1. The van der Waals surface area contributed by atoms with Crippen molar-refractivity contribution in [1.29, 1.82) is 0 Å². The molecular weight excluding hydrogens is 190 g/mol. The highest BCUT2D eigenvalue weighted by molar-refractivity contribution is 4.83. The van der Waals surface area contributed by atoms with Gasteiger partial charge in [-0.25, -0.2) is 0 Å². The molecule has 0 saturated heterocycles. The lowest BCUT2D eigenvalue weighted by Gasteiger charge is -2.31. The van der Waals surface area contributed by atoms with Gasteiger partial charge in [0.05, 0.1) is 6.61 Å². The normalized spacial score (nSPS) is 15.6. The van der Waals surface area contributed by atoms with E-state index in [0.29, 0.717) is 6.04 Å². The highest BCUT2D eigenvalue weighted by atomic mass is 16.5. The van der Waals surface area contributed by atoms with Crippen LogP contribution in [0.2, 0.25) is 0 Å². The van der Waals surface area contributed by atoms with E-state index in [1.807, 2.05) is 0 Å². The van der Waals surface area contributed by atoms with Crippen LogP contribution in [0.25, 0.3) is 0 Å². The van der Waals surface area contributed by atoms with Crippen molar-refractivity contribution in [1.82, 2.24) is 5.32 Å². The maximum absolute atomic E-state index is 9.33. The summed E-state index contributed by atoms with van der Waals surface area (Å²) >= 11 is 0. The van der Waals surface area contributed by atoms with E-state index in [-0.39, 0.29) is 12.1 Å². The van der Waals surface area contributed by atoms with Gasteiger partial charge in [0, 0.05) is 24.8 Å². The van der Waals surface area contributed by atoms with Gasteiger partial charge < -0.3 is 15.2 Å². The summed E-state index contributed by atoms with van der Waals surface area (Å²) in [5, 5.41) is 12.7. The molecule has 0 amide bonds. The van der Waals surface area contributed by atoms with Gasteiger partial charge in [-0.1, -0.05) is 20.8 Å². The fraction of sp³-hybridized carbons (Fsp3) is 1.00. The minimum absolute atomic E-state index is 0.163. The summed E-state index contributed by atoms with van der Waals surface area (Å²) in [7, 11) is 0. The molecule has 0 heterocycles. The Balaban J connectivity index is 3.68. The zero-order valence-corrected chi connectivity index (χ0v) is 10.7. The van der Waals surface area contributed by atoms with Crippen molar-refractivity contribution in [2.75, 3.05) is 19.8 Å². The first-order valence-corrected chi connectivity index (χ1v) is 6.00. The van der Waals surface area contributed by atoms with Crippen molar-refractivity contribution in [2.45, 2.75) is 58.5 Å². The van der Waals surface area contributed by atoms with Gasteiger partial charge in [0.1, 0.15) is 0 Å². The van der Waals surface area contributed by atoms with E-state index in [1.165, 1.54) is 0 Å². The van der Waals surface area contributed by atoms with E-state index < -0.39 is 0 Å². The second kappa shape index (κ2) is 8.08. The lowest BCUT2D eigenvalue weighted by molar-refractivity contribution is 0.107. The van der Waals surface area contributed by atoms with E-state index in [4.69, 9.17) is 4.74 Å². The third-order valence-corrected chi connectivity index (χ3v) is 2.35. The maximum atomic E-state index is 9.33. The third kappa shape index (κ3) is 7.77. The van der Waals surface area contributed by atoms with E-state index in [0.717, 1.165) is 32.5 Å². The monoisotopic (exact) mass is 217 g/mol. The number of nitrogens with one attached hydrogen (secondary N) is 1. The lowest BCUT2D eigenvalue weighted by atomic mass is 9.96. The van der Waals surface area contributed by atoms with Crippen LogP contribution < -0.4 is 5.32 Å². The predicted octanol–water partition coefficient (Wildman–Crippen LogP) is 1.94. The molecule has 0 aliphatic heterocycles. The number of hydrogen-bond donors (Lipinski definition) is 2. The molecule has 15 heavy (non-hydrogen) atoms. The second-order valence-corrected chi connectivity index (χ2v) is 4.73. The van der Waals surface area contributed by atoms with Crippen LogP contribution in [0.3, 0.4) is 0 Å². The molecule has 0 fully saturated rings. The first-order valence-electron chi connectivity index (χ1n) is 6.00. The minimum Gasteiger partial charge on any atom is -0.394 e. The molecular formula is C12H27NO2. The van der Waals surface area contributed by atoms with Gasteiger partial charge in [-0.05, 0) is 26.2 Å². The standard InChI is InChI=1S/C12H27NO2/c1-5-8-15-9-6-7-12(4,10-14)13-11(2)3/h11,13-14H,5-10H2,1-4H3. The van der Waals surface area contributed by atoms with E-state index in [1.54, 1.807) is 0 Å². The molecule has 0 aromatic carbocycles. The maximum Gasteiger partial charge on any atom is 0.0610 e. The number of hydrogen-bond acceptors (Lipinski definition) is 3. The van der Waals surface area contributed by atoms with Crippen molar-refractivity contribution in [3.63, 3.8) is 0 Å². The highest BCUT2D eigenvalue weighted by Gasteiger charge is 2.22. The Bertz CT molecular complexity index is 151. The van der Waals surface area contributed by atoms with Gasteiger partial charge in [-0.3, -0.25) is 0 Å². The molecule has 2 N–H and O–H groups in total. The largest absolute Gasteiger partial charge is 0.394 e. The van der Waals surface area contributed by atoms with E-state index in [9.17, 15) is 5.11 Å². The minimum atomic E-state index is -0.163. The number of ether oxygens (including phenoxy) is 1. The van der Waals surface area contributed by atoms with Gasteiger partial charge >= 0.3 is 0 Å². The molecule has 1 unspecified atom stereocenters. The average molecular weight is 217 g/mol. The average Bonchev–Trinajstić information content (AvgIpc) is 2.16. The Kier molecular flexibility index (Phi) is 8.02. The molecule has 0 aromatic heterocycles. The number of aliphatic hydroxyl groups is 1.